The number of nitrogens with one attached hydrogen (secondary N) is 1. The zero-order chi connectivity index (χ0) is 27.8. The van der Waals surface area contributed by atoms with Gasteiger partial charge >= 0.3 is 37.1 Å². The molecule has 0 saturated carbocycles. The lowest BCUT2D eigenvalue weighted by Crippen LogP contribution is -2.67. The fraction of sp³-hybridized carbons (Fsp3) is 0.917. The van der Waals surface area contributed by atoms with Gasteiger partial charge in [0, 0.05) is 0 Å². The summed E-state index contributed by atoms with van der Waals surface area (Å²) in [5.74, 6) is -1.94. The first-order valence-corrected chi connectivity index (χ1v) is 13.3. The van der Waals surface area contributed by atoms with Crippen molar-refractivity contribution in [1.29, 1.82) is 0 Å². The van der Waals surface area contributed by atoms with Gasteiger partial charge < -0.3 is 39.7 Å². The highest BCUT2D eigenvalue weighted by Crippen LogP contribution is 2.31. The minimum atomic E-state index is -5.47. The molecule has 2 saturated heterocycles. The molecule has 36 heavy (non-hydrogen) atoms. The van der Waals surface area contributed by atoms with Crippen LogP contribution in [-0.4, -0.2) is 138 Å². The second-order valence-corrected chi connectivity index (χ2v) is 10.5. The number of hydrogen-bond acceptors (Lipinski definition) is 16. The van der Waals surface area contributed by atoms with Crippen molar-refractivity contribution in [1.82, 2.24) is 4.72 Å². The summed E-state index contributed by atoms with van der Waals surface area (Å²) >= 11 is 0. The van der Waals surface area contributed by atoms with E-state index < -0.39 is 105 Å². The van der Waals surface area contributed by atoms with Crippen LogP contribution >= 0.6 is 0 Å². The van der Waals surface area contributed by atoms with Crippen LogP contribution in [-0.2, 0) is 58.5 Å². The van der Waals surface area contributed by atoms with Crippen molar-refractivity contribution >= 4 is 37.1 Å². The minimum absolute atomic E-state index is 1.29. The highest BCUT2D eigenvalue weighted by molar-refractivity contribution is 7.83. The van der Waals surface area contributed by atoms with Gasteiger partial charge in [-0.25, -0.2) is 13.2 Å². The van der Waals surface area contributed by atoms with E-state index in [1.165, 1.54) is 4.72 Å². The van der Waals surface area contributed by atoms with E-state index >= 15 is 0 Å². The van der Waals surface area contributed by atoms with E-state index in [0.717, 1.165) is 0 Å². The third-order valence-corrected chi connectivity index (χ3v) is 6.14. The SMILES string of the molecule is O=C(O)C1O[C@@H](OC2[C@H](O)C(NS(=O)(=O)O)C(O)O[C@@H]2COS(=O)(=O)O)C(OS(=O)(=O)O)[C@@H](O)C1O. The molecule has 10 atom stereocenters. The number of hydrogen-bond donors (Lipinski definition) is 9. The summed E-state index contributed by atoms with van der Waals surface area (Å²) in [6.07, 6.45) is -21.1. The van der Waals surface area contributed by atoms with Gasteiger partial charge in [-0.2, -0.15) is 30.0 Å². The Morgan fingerprint density at radius 1 is 0.833 bits per heavy atom. The quantitative estimate of drug-likeness (QED) is 0.106. The number of aliphatic hydroxyl groups excluding tert-OH is 4. The number of carboxylic acid groups (broad SMARTS) is 1. The van der Waals surface area contributed by atoms with Crippen LogP contribution in [0.15, 0.2) is 0 Å². The number of aliphatic hydroxyl groups is 4. The van der Waals surface area contributed by atoms with Crippen LogP contribution in [0.1, 0.15) is 0 Å². The molecule has 9 N–H and O–H groups in total. The predicted molar refractivity (Wildman–Crippen MR) is 102 cm³/mol. The van der Waals surface area contributed by atoms with Crippen molar-refractivity contribution in [2.75, 3.05) is 6.61 Å². The largest absolute Gasteiger partial charge is 0.479 e. The first-order valence-electron chi connectivity index (χ1n) is 9.14. The Balaban J connectivity index is 2.46. The van der Waals surface area contributed by atoms with Crippen molar-refractivity contribution < 1.29 is 91.8 Å². The molecule has 2 rings (SSSR count). The molecular weight excluding hydrogens is 574 g/mol. The van der Waals surface area contributed by atoms with Crippen LogP contribution in [0.3, 0.4) is 0 Å². The molecule has 2 fully saturated rings. The van der Waals surface area contributed by atoms with Gasteiger partial charge in [-0.3, -0.25) is 13.7 Å². The maximum Gasteiger partial charge on any atom is 0.397 e. The summed E-state index contributed by atoms with van der Waals surface area (Å²) in [4.78, 5) is 11.3. The van der Waals surface area contributed by atoms with Crippen LogP contribution in [0.2, 0.25) is 0 Å². The van der Waals surface area contributed by atoms with E-state index in [9.17, 15) is 50.5 Å². The summed E-state index contributed by atoms with van der Waals surface area (Å²) in [7, 11) is -15.8. The van der Waals surface area contributed by atoms with Crippen molar-refractivity contribution in [2.45, 2.75) is 61.3 Å². The average molecular weight is 595 g/mol. The molecule has 24 heteroatoms. The lowest BCUT2D eigenvalue weighted by atomic mass is 9.96. The zero-order valence-corrected chi connectivity index (χ0v) is 19.6. The highest BCUT2D eigenvalue weighted by Gasteiger charge is 2.54. The fourth-order valence-electron chi connectivity index (χ4n) is 3.24. The monoisotopic (exact) mass is 595 g/mol. The number of rotatable bonds is 10. The van der Waals surface area contributed by atoms with Crippen molar-refractivity contribution in [3.05, 3.63) is 0 Å². The van der Waals surface area contributed by atoms with Gasteiger partial charge in [0.05, 0.1) is 6.61 Å². The van der Waals surface area contributed by atoms with Gasteiger partial charge in [0.25, 0.3) is 0 Å². The van der Waals surface area contributed by atoms with E-state index in [0.29, 0.717) is 0 Å². The van der Waals surface area contributed by atoms with E-state index in [1.807, 2.05) is 0 Å². The van der Waals surface area contributed by atoms with Gasteiger partial charge in [0.1, 0.15) is 36.6 Å². The maximum absolute atomic E-state index is 11.3. The van der Waals surface area contributed by atoms with Gasteiger partial charge in [0.2, 0.25) is 0 Å². The summed E-state index contributed by atoms with van der Waals surface area (Å²) in [6, 6.07) is -2.19. The number of aliphatic carboxylic acids is 1. The zero-order valence-electron chi connectivity index (χ0n) is 17.2. The Labute approximate surface area is 201 Å². The molecule has 0 amide bonds. The van der Waals surface area contributed by atoms with E-state index in [-0.39, 0.29) is 0 Å². The Morgan fingerprint density at radius 2 is 1.42 bits per heavy atom. The molecule has 0 aromatic rings. The molecule has 21 nitrogen and oxygen atoms in total. The summed E-state index contributed by atoms with van der Waals surface area (Å²) in [5, 5.41) is 49.7. The minimum Gasteiger partial charge on any atom is -0.479 e. The van der Waals surface area contributed by atoms with Crippen LogP contribution in [0, 0.1) is 0 Å². The topological polar surface area (TPSA) is 340 Å². The average Bonchev–Trinajstić information content (AvgIpc) is 2.68. The van der Waals surface area contributed by atoms with Gasteiger partial charge in [-0.1, -0.05) is 0 Å². The van der Waals surface area contributed by atoms with Crippen LogP contribution in [0.4, 0.5) is 0 Å². The molecule has 2 aliphatic rings. The molecule has 0 bridgehead atoms. The molecule has 2 heterocycles. The fourth-order valence-corrected chi connectivity index (χ4v) is 4.63. The van der Waals surface area contributed by atoms with Crippen molar-refractivity contribution in [3.8, 4) is 0 Å². The summed E-state index contributed by atoms with van der Waals surface area (Å²) < 4.78 is 118. The Bertz CT molecular complexity index is 1100. The molecule has 0 aromatic heterocycles. The normalized spacial score (nSPS) is 38.5. The third-order valence-electron chi connectivity index (χ3n) is 4.67. The Hall–Kier alpha value is -1.20. The molecule has 212 valence electrons. The second kappa shape index (κ2) is 11.3. The molecule has 2 aliphatic heterocycles. The number of carbonyl (C=O) groups is 1. The maximum atomic E-state index is 11.3. The molecule has 0 aliphatic carbocycles. The summed E-state index contributed by atoms with van der Waals surface area (Å²) in [5.41, 5.74) is 0. The second-order valence-electron chi connectivity index (χ2n) is 7.22. The smallest absolute Gasteiger partial charge is 0.397 e. The van der Waals surface area contributed by atoms with Gasteiger partial charge in [-0.15, -0.1) is 0 Å². The molecule has 6 unspecified atom stereocenters. The highest BCUT2D eigenvalue weighted by atomic mass is 32.3. The number of ether oxygens (including phenoxy) is 3. The first-order chi connectivity index (χ1) is 16.2. The van der Waals surface area contributed by atoms with E-state index in [1.54, 1.807) is 0 Å². The molecule has 0 spiro atoms. The Kier molecular flexibility index (Phi) is 9.71. The molecule has 0 aromatic carbocycles. The van der Waals surface area contributed by atoms with Crippen LogP contribution in [0.5, 0.6) is 0 Å². The van der Waals surface area contributed by atoms with E-state index in [4.69, 9.17) is 33.0 Å². The lowest BCUT2D eigenvalue weighted by Gasteiger charge is -2.46. The Morgan fingerprint density at radius 3 is 1.89 bits per heavy atom. The van der Waals surface area contributed by atoms with Crippen LogP contribution in [0.25, 0.3) is 0 Å². The van der Waals surface area contributed by atoms with Gasteiger partial charge in [0.15, 0.2) is 24.8 Å². The lowest BCUT2D eigenvalue weighted by molar-refractivity contribution is -0.336. The van der Waals surface area contributed by atoms with Crippen molar-refractivity contribution in [3.63, 3.8) is 0 Å². The van der Waals surface area contributed by atoms with Gasteiger partial charge in [-0.05, 0) is 0 Å². The van der Waals surface area contributed by atoms with Crippen LogP contribution < -0.4 is 4.72 Å². The standard InChI is InChI=1S/C12H21NO20S3/c14-4-3(13-34(20,21)22)11(19)30-2(1-29-35(23,24)25)7(4)31-12-9(33-36(26,27)28)6(16)5(15)8(32-12)10(17)18/h2-9,11-16,19H,1H2,(H,17,18)(H,20,21,22)(H,23,24,25)(H,26,27,28)/t2-,3?,4-,5?,6+,7?,8?,9?,11?,12-/m1/s1. The molecule has 0 radical (unpaired) electrons. The first kappa shape index (κ1) is 31.0. The van der Waals surface area contributed by atoms with Crippen molar-refractivity contribution in [2.24, 2.45) is 0 Å². The predicted octanol–water partition coefficient (Wildman–Crippen LogP) is -6.25. The number of carboxylic acids is 1. The molecular formula is C12H21NO20S3. The third kappa shape index (κ3) is 8.41. The van der Waals surface area contributed by atoms with E-state index in [2.05, 4.69) is 8.37 Å². The summed E-state index contributed by atoms with van der Waals surface area (Å²) in [6.45, 7) is -1.29.